The van der Waals surface area contributed by atoms with Crippen LogP contribution in [-0.4, -0.2) is 42.4 Å². The predicted molar refractivity (Wildman–Crippen MR) is 49.8 cm³/mol. The molecule has 14 heavy (non-hydrogen) atoms. The summed E-state index contributed by atoms with van der Waals surface area (Å²) in [6.45, 7) is 6.17. The van der Waals surface area contributed by atoms with Gasteiger partial charge >= 0.3 is 0 Å². The highest BCUT2D eigenvalue weighted by Gasteiger charge is 2.54. The molecular weight excluding hydrogens is 184 g/mol. The van der Waals surface area contributed by atoms with Crippen LogP contribution in [0.2, 0.25) is 0 Å². The summed E-state index contributed by atoms with van der Waals surface area (Å²) in [6, 6.07) is 0. The largest absolute Gasteiger partial charge is 0.382 e. The van der Waals surface area contributed by atoms with Crippen molar-refractivity contribution in [3.8, 4) is 0 Å². The monoisotopic (exact) mass is 200 g/mol. The van der Waals surface area contributed by atoms with Gasteiger partial charge in [-0.15, -0.1) is 6.58 Å². The van der Waals surface area contributed by atoms with E-state index in [4.69, 9.17) is 14.2 Å². The van der Waals surface area contributed by atoms with Crippen LogP contribution in [0.4, 0.5) is 0 Å². The van der Waals surface area contributed by atoms with Gasteiger partial charge in [0.05, 0.1) is 25.4 Å². The van der Waals surface area contributed by atoms with E-state index in [-0.39, 0.29) is 18.5 Å². The molecule has 0 saturated carbocycles. The van der Waals surface area contributed by atoms with Crippen molar-refractivity contribution in [1.82, 2.24) is 0 Å². The van der Waals surface area contributed by atoms with E-state index in [1.165, 1.54) is 0 Å². The fourth-order valence-electron chi connectivity index (χ4n) is 1.98. The van der Waals surface area contributed by atoms with E-state index in [1.54, 1.807) is 6.08 Å². The smallest absolute Gasteiger partial charge is 0.160 e. The molecular formula is C10H16O4. The number of hydrogen-bond donors (Lipinski definition) is 1. The minimum absolute atomic E-state index is 0.206. The Kier molecular flexibility index (Phi) is 2.62. The van der Waals surface area contributed by atoms with Crippen molar-refractivity contribution in [1.29, 1.82) is 0 Å². The molecule has 4 atom stereocenters. The Labute approximate surface area is 83.5 Å². The van der Waals surface area contributed by atoms with Crippen LogP contribution in [-0.2, 0) is 14.2 Å². The molecule has 0 radical (unpaired) electrons. The van der Waals surface area contributed by atoms with Crippen LogP contribution in [0.3, 0.4) is 0 Å². The summed E-state index contributed by atoms with van der Waals surface area (Å²) in [5.74, 6) is 0. The molecule has 0 aromatic heterocycles. The average molecular weight is 200 g/mol. The van der Waals surface area contributed by atoms with Crippen molar-refractivity contribution in [2.24, 2.45) is 0 Å². The molecule has 0 spiro atoms. The Morgan fingerprint density at radius 1 is 1.71 bits per heavy atom. The summed E-state index contributed by atoms with van der Waals surface area (Å²) < 4.78 is 16.2. The lowest BCUT2D eigenvalue weighted by Crippen LogP contribution is -2.66. The Hall–Kier alpha value is -0.420. The summed E-state index contributed by atoms with van der Waals surface area (Å²) in [4.78, 5) is 0. The quantitative estimate of drug-likeness (QED) is 0.672. The van der Waals surface area contributed by atoms with Gasteiger partial charge in [-0.3, -0.25) is 0 Å². The topological polar surface area (TPSA) is 47.9 Å². The first-order valence-corrected chi connectivity index (χ1v) is 4.89. The molecule has 3 saturated heterocycles. The van der Waals surface area contributed by atoms with E-state index in [1.807, 2.05) is 6.92 Å². The molecule has 2 bridgehead atoms. The fourth-order valence-corrected chi connectivity index (χ4v) is 1.98. The third-order valence-electron chi connectivity index (χ3n) is 2.94. The SMILES string of the molecule is C=CCO[C@H]1C[C@H]2OC[C@]1(O)[C@H](C)O2. The number of fused-ring (bicyclic) bond motifs is 3. The maximum atomic E-state index is 10.3. The van der Waals surface area contributed by atoms with Crippen molar-refractivity contribution in [2.75, 3.05) is 13.2 Å². The maximum Gasteiger partial charge on any atom is 0.160 e. The van der Waals surface area contributed by atoms with Gasteiger partial charge in [0.1, 0.15) is 5.60 Å². The molecule has 0 aromatic rings. The van der Waals surface area contributed by atoms with Crippen molar-refractivity contribution < 1.29 is 19.3 Å². The zero-order chi connectivity index (χ0) is 10.2. The normalized spacial score (nSPS) is 46.6. The number of ether oxygens (including phenoxy) is 3. The maximum absolute atomic E-state index is 10.3. The summed E-state index contributed by atoms with van der Waals surface area (Å²) in [5.41, 5.74) is -1.00. The zero-order valence-corrected chi connectivity index (χ0v) is 8.31. The third kappa shape index (κ3) is 1.48. The van der Waals surface area contributed by atoms with Crippen molar-refractivity contribution in [2.45, 2.75) is 37.4 Å². The van der Waals surface area contributed by atoms with E-state index in [9.17, 15) is 5.11 Å². The molecule has 3 fully saturated rings. The van der Waals surface area contributed by atoms with Gasteiger partial charge in [-0.2, -0.15) is 0 Å². The lowest BCUT2D eigenvalue weighted by Gasteiger charge is -2.51. The van der Waals surface area contributed by atoms with E-state index < -0.39 is 5.60 Å². The molecule has 3 rings (SSSR count). The molecule has 4 heteroatoms. The average Bonchev–Trinajstić information content (AvgIpc) is 2.17. The highest BCUT2D eigenvalue weighted by atomic mass is 16.7. The van der Waals surface area contributed by atoms with Gasteiger partial charge in [-0.05, 0) is 6.92 Å². The van der Waals surface area contributed by atoms with E-state index in [0.717, 1.165) is 0 Å². The Morgan fingerprint density at radius 2 is 2.50 bits per heavy atom. The Bertz CT molecular complexity index is 230. The summed E-state index contributed by atoms with van der Waals surface area (Å²) in [7, 11) is 0. The second-order valence-electron chi connectivity index (χ2n) is 3.86. The molecule has 0 amide bonds. The first kappa shape index (κ1) is 10.1. The second kappa shape index (κ2) is 3.62. The molecule has 0 aliphatic carbocycles. The first-order chi connectivity index (χ1) is 6.66. The van der Waals surface area contributed by atoms with Gasteiger partial charge < -0.3 is 19.3 Å². The van der Waals surface area contributed by atoms with Crippen LogP contribution in [0.25, 0.3) is 0 Å². The lowest BCUT2D eigenvalue weighted by atomic mass is 9.85. The van der Waals surface area contributed by atoms with Gasteiger partial charge in [0.2, 0.25) is 0 Å². The molecule has 3 heterocycles. The van der Waals surface area contributed by atoms with Crippen LogP contribution < -0.4 is 0 Å². The van der Waals surface area contributed by atoms with E-state index >= 15 is 0 Å². The number of rotatable bonds is 3. The van der Waals surface area contributed by atoms with E-state index in [0.29, 0.717) is 19.6 Å². The van der Waals surface area contributed by atoms with Crippen LogP contribution in [0.1, 0.15) is 13.3 Å². The summed E-state index contributed by atoms with van der Waals surface area (Å²) in [5, 5.41) is 10.3. The molecule has 0 unspecified atom stereocenters. The van der Waals surface area contributed by atoms with Crippen LogP contribution in [0.15, 0.2) is 12.7 Å². The molecule has 4 nitrogen and oxygen atoms in total. The minimum atomic E-state index is -1.00. The van der Waals surface area contributed by atoms with Crippen molar-refractivity contribution >= 4 is 0 Å². The van der Waals surface area contributed by atoms with Gasteiger partial charge in [0.15, 0.2) is 6.29 Å². The first-order valence-electron chi connectivity index (χ1n) is 4.89. The number of hydrogen-bond acceptors (Lipinski definition) is 4. The molecule has 3 aliphatic heterocycles. The molecule has 3 aliphatic rings. The lowest BCUT2D eigenvalue weighted by molar-refractivity contribution is -0.355. The van der Waals surface area contributed by atoms with Crippen LogP contribution in [0.5, 0.6) is 0 Å². The predicted octanol–water partition coefficient (Wildman–Crippen LogP) is 0.454. The third-order valence-corrected chi connectivity index (χ3v) is 2.94. The van der Waals surface area contributed by atoms with Crippen molar-refractivity contribution in [3.63, 3.8) is 0 Å². The highest BCUT2D eigenvalue weighted by Crippen LogP contribution is 2.37. The Balaban J connectivity index is 2.07. The summed E-state index contributed by atoms with van der Waals surface area (Å²) >= 11 is 0. The zero-order valence-electron chi connectivity index (χ0n) is 8.31. The fraction of sp³-hybridized carbons (Fsp3) is 0.800. The molecule has 1 N–H and O–H groups in total. The van der Waals surface area contributed by atoms with Gasteiger partial charge in [-0.25, -0.2) is 0 Å². The second-order valence-corrected chi connectivity index (χ2v) is 3.86. The van der Waals surface area contributed by atoms with Crippen LogP contribution in [0, 0.1) is 0 Å². The van der Waals surface area contributed by atoms with Crippen molar-refractivity contribution in [3.05, 3.63) is 12.7 Å². The van der Waals surface area contributed by atoms with Gasteiger partial charge in [0.25, 0.3) is 0 Å². The van der Waals surface area contributed by atoms with E-state index in [2.05, 4.69) is 6.58 Å². The standard InChI is InChI=1S/C10H16O4/c1-3-4-12-8-5-9-13-6-10(8,11)7(2)14-9/h3,7-9,11H,1,4-6H2,2H3/t7-,8-,9-,10-/m0/s1. The highest BCUT2D eigenvalue weighted by molar-refractivity contribution is 5.00. The van der Waals surface area contributed by atoms with Gasteiger partial charge in [-0.1, -0.05) is 6.08 Å². The van der Waals surface area contributed by atoms with Gasteiger partial charge in [0, 0.05) is 6.42 Å². The molecule has 0 aromatic carbocycles. The van der Waals surface area contributed by atoms with Crippen LogP contribution >= 0.6 is 0 Å². The minimum Gasteiger partial charge on any atom is -0.382 e. The Morgan fingerprint density at radius 3 is 3.14 bits per heavy atom. The summed E-state index contributed by atoms with van der Waals surface area (Å²) in [6.07, 6.45) is 1.61. The molecule has 80 valence electrons. The number of aliphatic hydroxyl groups is 1.